The van der Waals surface area contributed by atoms with E-state index in [1.54, 1.807) is 19.1 Å². The van der Waals surface area contributed by atoms with E-state index in [1.807, 2.05) is 18.2 Å². The fraction of sp³-hybridized carbons (Fsp3) is 0.308. The van der Waals surface area contributed by atoms with Gasteiger partial charge in [0.15, 0.2) is 0 Å². The quantitative estimate of drug-likeness (QED) is 0.657. The van der Waals surface area contributed by atoms with Gasteiger partial charge < -0.3 is 10.5 Å². The number of ether oxygens (including phenoxy) is 1. The van der Waals surface area contributed by atoms with Gasteiger partial charge in [-0.1, -0.05) is 23.4 Å². The highest BCUT2D eigenvalue weighted by atomic mass is 35.5. The van der Waals surface area contributed by atoms with Crippen LogP contribution in [0, 0.1) is 23.2 Å². The number of halogens is 1. The van der Waals surface area contributed by atoms with E-state index in [0.717, 1.165) is 5.56 Å². The summed E-state index contributed by atoms with van der Waals surface area (Å²) in [5.41, 5.74) is 5.49. The summed E-state index contributed by atoms with van der Waals surface area (Å²) in [5, 5.41) is 9.33. The highest BCUT2D eigenvalue weighted by molar-refractivity contribution is 6.30. The summed E-state index contributed by atoms with van der Waals surface area (Å²) in [6.07, 6.45) is 0. The molecule has 2 N–H and O–H groups in total. The van der Waals surface area contributed by atoms with Crippen LogP contribution in [0.4, 0.5) is 0 Å². The summed E-state index contributed by atoms with van der Waals surface area (Å²) in [7, 11) is 0. The molecule has 0 heterocycles. The van der Waals surface area contributed by atoms with Gasteiger partial charge in [0.25, 0.3) is 0 Å². The van der Waals surface area contributed by atoms with E-state index in [-0.39, 0.29) is 13.2 Å². The van der Waals surface area contributed by atoms with Crippen LogP contribution in [0.25, 0.3) is 0 Å². The molecule has 0 aliphatic rings. The summed E-state index contributed by atoms with van der Waals surface area (Å²) in [6, 6.07) is 9.16. The molecule has 0 amide bonds. The molecule has 1 unspecified atom stereocenters. The molecule has 0 aliphatic carbocycles. The van der Waals surface area contributed by atoms with E-state index in [4.69, 9.17) is 27.3 Å². The molecule has 0 radical (unpaired) electrons. The first-order valence-electron chi connectivity index (χ1n) is 5.06. The fourth-order valence-electron chi connectivity index (χ4n) is 1.02. The maximum Gasteiger partial charge on any atom is 0.125 e. The number of nitrogens with two attached hydrogens (primary N) is 1. The lowest BCUT2D eigenvalue weighted by molar-refractivity contribution is 0.136. The number of nitrogens with zero attached hydrogens (tertiary/aromatic N) is 1. The first-order valence-corrected chi connectivity index (χ1v) is 5.44. The Morgan fingerprint density at radius 3 is 2.65 bits per heavy atom. The number of hydrogen-bond donors (Lipinski definition) is 1. The van der Waals surface area contributed by atoms with Crippen molar-refractivity contribution in [2.24, 2.45) is 5.73 Å². The number of hydrogen-bond acceptors (Lipinski definition) is 3. The summed E-state index contributed by atoms with van der Waals surface area (Å²) in [5.74, 6) is 5.76. The van der Waals surface area contributed by atoms with Crippen LogP contribution in [0.3, 0.4) is 0 Å². The maximum atomic E-state index is 8.65. The monoisotopic (exact) mass is 248 g/mol. The normalized spacial score (nSPS) is 13.1. The van der Waals surface area contributed by atoms with Crippen molar-refractivity contribution in [2.75, 3.05) is 13.2 Å². The highest BCUT2D eigenvalue weighted by Gasteiger charge is 2.16. The smallest absolute Gasteiger partial charge is 0.125 e. The molecule has 0 aromatic heterocycles. The summed E-state index contributed by atoms with van der Waals surface area (Å²) < 4.78 is 5.19. The maximum absolute atomic E-state index is 8.65. The van der Waals surface area contributed by atoms with Crippen molar-refractivity contribution in [2.45, 2.75) is 12.5 Å². The molecule has 17 heavy (non-hydrogen) atoms. The second-order valence-electron chi connectivity index (χ2n) is 3.83. The molecule has 88 valence electrons. The topological polar surface area (TPSA) is 59.0 Å². The van der Waals surface area contributed by atoms with E-state index >= 15 is 0 Å². The van der Waals surface area contributed by atoms with Crippen LogP contribution in [-0.4, -0.2) is 18.8 Å². The van der Waals surface area contributed by atoms with Crippen LogP contribution < -0.4 is 5.73 Å². The molecule has 0 saturated carbocycles. The third-order valence-electron chi connectivity index (χ3n) is 1.91. The van der Waals surface area contributed by atoms with Crippen LogP contribution in [0.15, 0.2) is 24.3 Å². The molecule has 4 heteroatoms. The lowest BCUT2D eigenvalue weighted by atomic mass is 10.1. The van der Waals surface area contributed by atoms with Crippen molar-refractivity contribution in [1.82, 2.24) is 0 Å². The molecule has 3 nitrogen and oxygen atoms in total. The molecule has 1 aromatic rings. The predicted octanol–water partition coefficient (Wildman–Crippen LogP) is 1.95. The zero-order valence-corrected chi connectivity index (χ0v) is 10.3. The Balaban J connectivity index is 2.38. The zero-order chi connectivity index (χ0) is 12.7. The number of rotatable bonds is 3. The van der Waals surface area contributed by atoms with E-state index < -0.39 is 5.54 Å². The molecule has 0 saturated heterocycles. The fourth-order valence-corrected chi connectivity index (χ4v) is 1.14. The van der Waals surface area contributed by atoms with Gasteiger partial charge in [0.05, 0.1) is 12.7 Å². The lowest BCUT2D eigenvalue weighted by Crippen LogP contribution is -2.39. The molecular formula is C13H13ClN2O. The van der Waals surface area contributed by atoms with Gasteiger partial charge in [-0.2, -0.15) is 5.26 Å². The third kappa shape index (κ3) is 5.38. The average molecular weight is 249 g/mol. The van der Waals surface area contributed by atoms with E-state index in [9.17, 15) is 0 Å². The Bertz CT molecular complexity index is 463. The minimum atomic E-state index is -0.956. The van der Waals surface area contributed by atoms with Crippen LogP contribution in [0.1, 0.15) is 12.5 Å². The van der Waals surface area contributed by atoms with Gasteiger partial charge in [0.2, 0.25) is 0 Å². The molecule has 0 bridgehead atoms. The first kappa shape index (κ1) is 13.5. The van der Waals surface area contributed by atoms with Gasteiger partial charge in [-0.25, -0.2) is 0 Å². The Morgan fingerprint density at radius 1 is 1.41 bits per heavy atom. The SMILES string of the molecule is CC(N)(C#N)COCC#Cc1ccc(Cl)cc1. The van der Waals surface area contributed by atoms with Crippen LogP contribution in [0.5, 0.6) is 0 Å². The molecule has 1 rings (SSSR count). The molecule has 0 aliphatic heterocycles. The minimum absolute atomic E-state index is 0.165. The van der Waals surface area contributed by atoms with Gasteiger partial charge in [-0.15, -0.1) is 0 Å². The number of nitriles is 1. The number of benzene rings is 1. The first-order chi connectivity index (χ1) is 8.03. The minimum Gasteiger partial charge on any atom is -0.366 e. The summed E-state index contributed by atoms with van der Waals surface area (Å²) in [6.45, 7) is 2.02. The van der Waals surface area contributed by atoms with Crippen molar-refractivity contribution < 1.29 is 4.74 Å². The third-order valence-corrected chi connectivity index (χ3v) is 2.16. The molecule has 1 aromatic carbocycles. The van der Waals surface area contributed by atoms with Gasteiger partial charge in [0.1, 0.15) is 12.1 Å². The lowest BCUT2D eigenvalue weighted by Gasteiger charge is -2.13. The standard InChI is InChI=1S/C13H13ClN2O/c1-13(16,9-15)10-17-8-2-3-11-4-6-12(14)7-5-11/h4-7H,8,10,16H2,1H3. The van der Waals surface area contributed by atoms with Crippen molar-refractivity contribution in [1.29, 1.82) is 5.26 Å². The Kier molecular flexibility index (Phi) is 5.00. The van der Waals surface area contributed by atoms with Crippen molar-refractivity contribution in [3.05, 3.63) is 34.9 Å². The summed E-state index contributed by atoms with van der Waals surface area (Å²) >= 11 is 5.74. The van der Waals surface area contributed by atoms with Crippen molar-refractivity contribution in [3.8, 4) is 17.9 Å². The molecule has 1 atom stereocenters. The van der Waals surface area contributed by atoms with E-state index in [2.05, 4.69) is 11.8 Å². The second-order valence-corrected chi connectivity index (χ2v) is 4.27. The van der Waals surface area contributed by atoms with Crippen molar-refractivity contribution >= 4 is 11.6 Å². The van der Waals surface area contributed by atoms with E-state index in [1.165, 1.54) is 0 Å². The molecule has 0 spiro atoms. The highest BCUT2D eigenvalue weighted by Crippen LogP contribution is 2.08. The van der Waals surface area contributed by atoms with Crippen molar-refractivity contribution in [3.63, 3.8) is 0 Å². The Labute approximate surface area is 106 Å². The van der Waals surface area contributed by atoms with Gasteiger partial charge in [-0.3, -0.25) is 0 Å². The van der Waals surface area contributed by atoms with Crippen LogP contribution in [-0.2, 0) is 4.74 Å². The summed E-state index contributed by atoms with van der Waals surface area (Å²) in [4.78, 5) is 0. The molecule has 0 fully saturated rings. The van der Waals surface area contributed by atoms with Crippen LogP contribution in [0.2, 0.25) is 5.02 Å². The predicted molar refractivity (Wildman–Crippen MR) is 67.4 cm³/mol. The average Bonchev–Trinajstić information content (AvgIpc) is 2.31. The Morgan fingerprint density at radius 2 is 2.06 bits per heavy atom. The molecular weight excluding hydrogens is 236 g/mol. The zero-order valence-electron chi connectivity index (χ0n) is 9.53. The van der Waals surface area contributed by atoms with Crippen LogP contribution >= 0.6 is 11.6 Å². The van der Waals surface area contributed by atoms with E-state index in [0.29, 0.717) is 5.02 Å². The Hall–Kier alpha value is -1.52. The largest absolute Gasteiger partial charge is 0.366 e. The van der Waals surface area contributed by atoms with Gasteiger partial charge >= 0.3 is 0 Å². The van der Waals surface area contributed by atoms with Gasteiger partial charge in [-0.05, 0) is 31.2 Å². The van der Waals surface area contributed by atoms with Gasteiger partial charge in [0, 0.05) is 10.6 Å². The second kappa shape index (κ2) is 6.27.